The van der Waals surface area contributed by atoms with Gasteiger partial charge < -0.3 is 4.74 Å². The predicted octanol–water partition coefficient (Wildman–Crippen LogP) is 4.91. The molecule has 2 heterocycles. The van der Waals surface area contributed by atoms with Crippen LogP contribution in [0.3, 0.4) is 0 Å². The maximum Gasteiger partial charge on any atom is 0.411 e. The highest BCUT2D eigenvalue weighted by Crippen LogP contribution is 2.39. The third-order valence-electron chi connectivity index (χ3n) is 4.53. The van der Waals surface area contributed by atoms with E-state index in [9.17, 15) is 13.6 Å². The van der Waals surface area contributed by atoms with Crippen molar-refractivity contribution in [2.75, 3.05) is 0 Å². The van der Waals surface area contributed by atoms with Crippen molar-refractivity contribution in [1.29, 1.82) is 0 Å². The normalized spacial score (nSPS) is 23.7. The van der Waals surface area contributed by atoms with Crippen LogP contribution in [0.25, 0.3) is 5.57 Å². The lowest BCUT2D eigenvalue weighted by Gasteiger charge is -2.45. The first kappa shape index (κ1) is 16.9. The van der Waals surface area contributed by atoms with Gasteiger partial charge in [-0.2, -0.15) is 0 Å². The standard InChI is InChI=1S/C19H23F2NO2/c1-19(2,3)24-18(23)22-13-6-4-7-14(22)11-12(10-13)17-15(20)8-5-9-16(17)21/h5,8-10,13-14H,4,6-7,11H2,1-3H3. The number of fused-ring (bicyclic) bond motifs is 2. The lowest BCUT2D eigenvalue weighted by molar-refractivity contribution is 0.0000707. The van der Waals surface area contributed by atoms with Crippen LogP contribution in [-0.4, -0.2) is 28.7 Å². The summed E-state index contributed by atoms with van der Waals surface area (Å²) in [6.45, 7) is 5.50. The molecule has 0 saturated carbocycles. The fourth-order valence-corrected chi connectivity index (χ4v) is 3.62. The lowest BCUT2D eigenvalue weighted by Crippen LogP contribution is -2.53. The van der Waals surface area contributed by atoms with Gasteiger partial charge in [0.1, 0.15) is 17.2 Å². The molecule has 24 heavy (non-hydrogen) atoms. The van der Waals surface area contributed by atoms with Crippen LogP contribution >= 0.6 is 0 Å². The van der Waals surface area contributed by atoms with Gasteiger partial charge in [0.15, 0.2) is 0 Å². The maximum atomic E-state index is 14.1. The number of carbonyl (C=O) groups excluding carboxylic acids is 1. The average molecular weight is 335 g/mol. The van der Waals surface area contributed by atoms with Gasteiger partial charge in [-0.15, -0.1) is 0 Å². The number of rotatable bonds is 1. The van der Waals surface area contributed by atoms with Gasteiger partial charge in [-0.3, -0.25) is 4.90 Å². The van der Waals surface area contributed by atoms with Crippen molar-refractivity contribution in [2.24, 2.45) is 0 Å². The molecule has 0 N–H and O–H groups in total. The Kier molecular flexibility index (Phi) is 4.37. The maximum absolute atomic E-state index is 14.1. The Labute approximate surface area is 141 Å². The molecule has 1 aromatic carbocycles. The highest BCUT2D eigenvalue weighted by molar-refractivity contribution is 5.75. The van der Waals surface area contributed by atoms with E-state index in [4.69, 9.17) is 4.74 Å². The zero-order valence-corrected chi connectivity index (χ0v) is 14.3. The number of amides is 1. The highest BCUT2D eigenvalue weighted by Gasteiger charge is 2.40. The number of carbonyl (C=O) groups is 1. The molecule has 2 aliphatic heterocycles. The molecule has 1 fully saturated rings. The Morgan fingerprint density at radius 2 is 1.88 bits per heavy atom. The van der Waals surface area contributed by atoms with Crippen LogP contribution in [-0.2, 0) is 4.74 Å². The second-order valence-electron chi connectivity index (χ2n) is 7.53. The SMILES string of the molecule is CC(C)(C)OC(=O)N1C2C=C(c3c(F)cccc3F)CC1CCC2. The van der Waals surface area contributed by atoms with Crippen molar-refractivity contribution in [3.63, 3.8) is 0 Å². The molecule has 1 saturated heterocycles. The van der Waals surface area contributed by atoms with E-state index in [1.54, 1.807) is 4.90 Å². The summed E-state index contributed by atoms with van der Waals surface area (Å²) in [5.41, 5.74) is 0.130. The lowest BCUT2D eigenvalue weighted by atomic mass is 9.83. The number of benzene rings is 1. The van der Waals surface area contributed by atoms with Crippen LogP contribution in [0.4, 0.5) is 13.6 Å². The molecule has 1 amide bonds. The Balaban J connectivity index is 1.92. The van der Waals surface area contributed by atoms with Crippen molar-refractivity contribution < 1.29 is 18.3 Å². The molecule has 2 atom stereocenters. The molecule has 2 aliphatic rings. The Bertz CT molecular complexity index is 658. The monoisotopic (exact) mass is 335 g/mol. The summed E-state index contributed by atoms with van der Waals surface area (Å²) in [7, 11) is 0. The van der Waals surface area contributed by atoms with E-state index >= 15 is 0 Å². The molecule has 0 aliphatic carbocycles. The molecule has 2 unspecified atom stereocenters. The zero-order valence-electron chi connectivity index (χ0n) is 14.3. The number of ether oxygens (including phenoxy) is 1. The quantitative estimate of drug-likeness (QED) is 0.730. The van der Waals surface area contributed by atoms with Crippen molar-refractivity contribution in [3.05, 3.63) is 41.5 Å². The Hall–Kier alpha value is -1.91. The predicted molar refractivity (Wildman–Crippen MR) is 88.5 cm³/mol. The Morgan fingerprint density at radius 1 is 1.21 bits per heavy atom. The summed E-state index contributed by atoms with van der Waals surface area (Å²) in [5.74, 6) is -1.10. The molecule has 5 heteroatoms. The molecule has 2 bridgehead atoms. The van der Waals surface area contributed by atoms with Crippen molar-refractivity contribution >= 4 is 11.7 Å². The summed E-state index contributed by atoms with van der Waals surface area (Å²) < 4.78 is 33.7. The summed E-state index contributed by atoms with van der Waals surface area (Å²) in [6.07, 6.45) is 4.55. The molecule has 3 nitrogen and oxygen atoms in total. The van der Waals surface area contributed by atoms with Crippen LogP contribution < -0.4 is 0 Å². The molecular formula is C19H23F2NO2. The first-order valence-electron chi connectivity index (χ1n) is 8.42. The number of hydrogen-bond donors (Lipinski definition) is 0. The molecule has 0 radical (unpaired) electrons. The number of hydrogen-bond acceptors (Lipinski definition) is 2. The van der Waals surface area contributed by atoms with E-state index in [-0.39, 0.29) is 23.7 Å². The minimum absolute atomic E-state index is 0.0400. The third kappa shape index (κ3) is 3.30. The molecule has 0 aromatic heterocycles. The third-order valence-corrected chi connectivity index (χ3v) is 4.53. The summed E-state index contributed by atoms with van der Waals surface area (Å²) >= 11 is 0. The van der Waals surface area contributed by atoms with Crippen LogP contribution in [0, 0.1) is 11.6 Å². The molecule has 130 valence electrons. The second-order valence-corrected chi connectivity index (χ2v) is 7.53. The van der Waals surface area contributed by atoms with Crippen molar-refractivity contribution in [1.82, 2.24) is 4.90 Å². The fraction of sp³-hybridized carbons (Fsp3) is 0.526. The molecular weight excluding hydrogens is 312 g/mol. The summed E-state index contributed by atoms with van der Waals surface area (Å²) in [6, 6.07) is 3.68. The van der Waals surface area contributed by atoms with Gasteiger partial charge in [0.25, 0.3) is 0 Å². The van der Waals surface area contributed by atoms with Crippen molar-refractivity contribution in [2.45, 2.75) is 64.1 Å². The number of nitrogens with zero attached hydrogens (tertiary/aromatic N) is 1. The second kappa shape index (κ2) is 6.19. The first-order valence-corrected chi connectivity index (χ1v) is 8.42. The van der Waals surface area contributed by atoms with E-state index in [1.807, 2.05) is 26.8 Å². The summed E-state index contributed by atoms with van der Waals surface area (Å²) in [4.78, 5) is 14.3. The number of halogens is 2. The van der Waals surface area contributed by atoms with Gasteiger partial charge in [-0.25, -0.2) is 13.6 Å². The topological polar surface area (TPSA) is 29.5 Å². The van der Waals surface area contributed by atoms with Gasteiger partial charge in [-0.1, -0.05) is 12.1 Å². The van der Waals surface area contributed by atoms with Crippen LogP contribution in [0.1, 0.15) is 52.0 Å². The van der Waals surface area contributed by atoms with E-state index < -0.39 is 17.2 Å². The van der Waals surface area contributed by atoms with Crippen LogP contribution in [0.15, 0.2) is 24.3 Å². The minimum atomic E-state index is -0.562. The minimum Gasteiger partial charge on any atom is -0.444 e. The largest absolute Gasteiger partial charge is 0.444 e. The van der Waals surface area contributed by atoms with Gasteiger partial charge in [0.05, 0.1) is 6.04 Å². The first-order chi connectivity index (χ1) is 11.3. The highest BCUT2D eigenvalue weighted by atomic mass is 19.1. The van der Waals surface area contributed by atoms with E-state index in [2.05, 4.69) is 0 Å². The molecule has 1 aromatic rings. The average Bonchev–Trinajstić information content (AvgIpc) is 2.44. The van der Waals surface area contributed by atoms with E-state index in [0.29, 0.717) is 12.0 Å². The van der Waals surface area contributed by atoms with Gasteiger partial charge in [0.2, 0.25) is 0 Å². The fourth-order valence-electron chi connectivity index (χ4n) is 3.62. The van der Waals surface area contributed by atoms with Crippen molar-refractivity contribution in [3.8, 4) is 0 Å². The van der Waals surface area contributed by atoms with E-state index in [1.165, 1.54) is 18.2 Å². The van der Waals surface area contributed by atoms with Crippen LogP contribution in [0.5, 0.6) is 0 Å². The molecule has 0 spiro atoms. The molecule has 3 rings (SSSR count). The summed E-state index contributed by atoms with van der Waals surface area (Å²) in [5, 5.41) is 0. The number of piperidine rings is 1. The smallest absolute Gasteiger partial charge is 0.411 e. The van der Waals surface area contributed by atoms with Gasteiger partial charge >= 0.3 is 6.09 Å². The van der Waals surface area contributed by atoms with Crippen LogP contribution in [0.2, 0.25) is 0 Å². The van der Waals surface area contributed by atoms with Gasteiger partial charge in [-0.05, 0) is 64.2 Å². The zero-order chi connectivity index (χ0) is 17.5. The van der Waals surface area contributed by atoms with Gasteiger partial charge in [0, 0.05) is 11.6 Å². The van der Waals surface area contributed by atoms with E-state index in [0.717, 1.165) is 19.3 Å². The Morgan fingerprint density at radius 3 is 2.46 bits per heavy atom.